The molecule has 0 bridgehead atoms. The Kier molecular flexibility index (Phi) is 4.17. The third kappa shape index (κ3) is 3.55. The van der Waals surface area contributed by atoms with Crippen molar-refractivity contribution in [3.8, 4) is 0 Å². The van der Waals surface area contributed by atoms with Crippen LogP contribution in [0.4, 0.5) is 0 Å². The summed E-state index contributed by atoms with van der Waals surface area (Å²) in [6, 6.07) is 14.4. The van der Waals surface area contributed by atoms with E-state index in [0.717, 1.165) is 5.56 Å². The molecule has 100 valence electrons. The van der Waals surface area contributed by atoms with Crippen LogP contribution in [0.1, 0.15) is 19.4 Å². The Balaban J connectivity index is 2.21. The molecule has 0 aliphatic heterocycles. The van der Waals surface area contributed by atoms with Crippen LogP contribution in [0.3, 0.4) is 0 Å². The molecule has 2 aromatic carbocycles. The van der Waals surface area contributed by atoms with Crippen molar-refractivity contribution >= 4 is 16.7 Å². The summed E-state index contributed by atoms with van der Waals surface area (Å²) in [5, 5.41) is 5.60. The van der Waals surface area contributed by atoms with Gasteiger partial charge in [0.05, 0.1) is 6.04 Å². The van der Waals surface area contributed by atoms with Gasteiger partial charge in [-0.3, -0.25) is 4.79 Å². The zero-order valence-corrected chi connectivity index (χ0v) is 11.4. The number of amides is 1. The fraction of sp³-hybridized carbons (Fsp3) is 0.312. The molecule has 0 aliphatic carbocycles. The van der Waals surface area contributed by atoms with Crippen molar-refractivity contribution in [3.05, 3.63) is 48.0 Å². The van der Waals surface area contributed by atoms with Crippen LogP contribution in [0.25, 0.3) is 10.8 Å². The Morgan fingerprint density at radius 3 is 2.47 bits per heavy atom. The van der Waals surface area contributed by atoms with Gasteiger partial charge in [0, 0.05) is 6.04 Å². The van der Waals surface area contributed by atoms with E-state index < -0.39 is 0 Å². The number of nitrogens with two attached hydrogens (primary N) is 1. The minimum Gasteiger partial charge on any atom is -0.368 e. The van der Waals surface area contributed by atoms with E-state index >= 15 is 0 Å². The molecular formula is C16H20N2O. The molecule has 0 radical (unpaired) electrons. The summed E-state index contributed by atoms with van der Waals surface area (Å²) in [5.74, 6) is -0.304. The lowest BCUT2D eigenvalue weighted by atomic mass is 10.0. The van der Waals surface area contributed by atoms with E-state index in [1.165, 1.54) is 10.8 Å². The first-order chi connectivity index (χ1) is 9.06. The summed E-state index contributed by atoms with van der Waals surface area (Å²) in [7, 11) is 0. The van der Waals surface area contributed by atoms with Crippen molar-refractivity contribution in [1.29, 1.82) is 0 Å². The van der Waals surface area contributed by atoms with Crippen molar-refractivity contribution in [1.82, 2.24) is 5.32 Å². The van der Waals surface area contributed by atoms with Gasteiger partial charge in [-0.25, -0.2) is 0 Å². The highest BCUT2D eigenvalue weighted by Gasteiger charge is 2.16. The van der Waals surface area contributed by atoms with Crippen LogP contribution < -0.4 is 11.1 Å². The minimum absolute atomic E-state index is 0.234. The van der Waals surface area contributed by atoms with E-state index in [-0.39, 0.29) is 18.0 Å². The summed E-state index contributed by atoms with van der Waals surface area (Å²) in [4.78, 5) is 11.5. The first kappa shape index (κ1) is 13.6. The van der Waals surface area contributed by atoms with E-state index in [1.807, 2.05) is 26.0 Å². The lowest BCUT2D eigenvalue weighted by Crippen LogP contribution is -2.45. The molecular weight excluding hydrogens is 236 g/mol. The smallest absolute Gasteiger partial charge is 0.234 e. The number of carbonyl (C=O) groups is 1. The number of nitrogens with one attached hydrogen (secondary N) is 1. The molecule has 0 aliphatic rings. The van der Waals surface area contributed by atoms with Gasteiger partial charge in [0.1, 0.15) is 0 Å². The van der Waals surface area contributed by atoms with E-state index in [1.54, 1.807) is 0 Å². The van der Waals surface area contributed by atoms with Crippen LogP contribution >= 0.6 is 0 Å². The van der Waals surface area contributed by atoms with Crippen LogP contribution in [0.5, 0.6) is 0 Å². The fourth-order valence-electron chi connectivity index (χ4n) is 2.25. The molecule has 1 atom stereocenters. The number of carbonyl (C=O) groups excluding carboxylic acids is 1. The summed E-state index contributed by atoms with van der Waals surface area (Å²) >= 11 is 0. The Bertz CT molecular complexity index is 578. The van der Waals surface area contributed by atoms with Gasteiger partial charge in [-0.1, -0.05) is 56.3 Å². The molecule has 2 rings (SSSR count). The van der Waals surface area contributed by atoms with Gasteiger partial charge in [0.15, 0.2) is 0 Å². The number of hydrogen-bond donors (Lipinski definition) is 2. The van der Waals surface area contributed by atoms with Crippen molar-refractivity contribution in [2.45, 2.75) is 32.4 Å². The highest BCUT2D eigenvalue weighted by molar-refractivity contribution is 5.84. The first-order valence-electron chi connectivity index (χ1n) is 6.59. The van der Waals surface area contributed by atoms with Gasteiger partial charge < -0.3 is 11.1 Å². The highest BCUT2D eigenvalue weighted by atomic mass is 16.1. The predicted molar refractivity (Wildman–Crippen MR) is 78.9 cm³/mol. The maximum atomic E-state index is 11.5. The average molecular weight is 256 g/mol. The molecule has 3 nitrogen and oxygen atoms in total. The van der Waals surface area contributed by atoms with E-state index in [9.17, 15) is 4.79 Å². The predicted octanol–water partition coefficient (Wildman–Crippen LogP) is 2.23. The maximum Gasteiger partial charge on any atom is 0.234 e. The molecule has 2 aromatic rings. The molecule has 0 aromatic heterocycles. The largest absolute Gasteiger partial charge is 0.368 e. The third-order valence-corrected chi connectivity index (χ3v) is 3.13. The second kappa shape index (κ2) is 5.85. The normalized spacial score (nSPS) is 12.8. The van der Waals surface area contributed by atoms with Crippen LogP contribution in [0.15, 0.2) is 42.5 Å². The van der Waals surface area contributed by atoms with Gasteiger partial charge in [0.2, 0.25) is 5.91 Å². The summed E-state index contributed by atoms with van der Waals surface area (Å²) in [6.45, 7) is 4.02. The van der Waals surface area contributed by atoms with Crippen LogP contribution in [0, 0.1) is 0 Å². The summed E-state index contributed by atoms with van der Waals surface area (Å²) in [5.41, 5.74) is 6.57. The molecule has 3 N–H and O–H groups in total. The lowest BCUT2D eigenvalue weighted by molar-refractivity contribution is -0.120. The third-order valence-electron chi connectivity index (χ3n) is 3.13. The van der Waals surface area contributed by atoms with Crippen LogP contribution in [0.2, 0.25) is 0 Å². The number of primary amides is 1. The van der Waals surface area contributed by atoms with Gasteiger partial charge in [-0.2, -0.15) is 0 Å². The quantitative estimate of drug-likeness (QED) is 0.862. The standard InChI is InChI=1S/C16H20N2O/c1-11(2)18-15(16(17)19)10-12-7-8-13-5-3-4-6-14(13)9-12/h3-9,11,15,18H,10H2,1-2H3,(H2,17,19)/t15-/m0/s1. The zero-order chi connectivity index (χ0) is 13.8. The van der Waals surface area contributed by atoms with E-state index in [4.69, 9.17) is 5.73 Å². The van der Waals surface area contributed by atoms with Crippen molar-refractivity contribution < 1.29 is 4.79 Å². The minimum atomic E-state index is -0.318. The number of benzene rings is 2. The maximum absolute atomic E-state index is 11.5. The Labute approximate surface area is 113 Å². The van der Waals surface area contributed by atoms with Crippen LogP contribution in [-0.2, 0) is 11.2 Å². The molecule has 19 heavy (non-hydrogen) atoms. The average Bonchev–Trinajstić information content (AvgIpc) is 2.37. The summed E-state index contributed by atoms with van der Waals surface area (Å²) < 4.78 is 0. The van der Waals surface area contributed by atoms with Crippen molar-refractivity contribution in [3.63, 3.8) is 0 Å². The molecule has 0 saturated heterocycles. The fourth-order valence-corrected chi connectivity index (χ4v) is 2.25. The second-order valence-corrected chi connectivity index (χ2v) is 5.16. The molecule has 3 heteroatoms. The Morgan fingerprint density at radius 1 is 1.16 bits per heavy atom. The molecule has 0 saturated carbocycles. The number of rotatable bonds is 5. The van der Waals surface area contributed by atoms with E-state index in [0.29, 0.717) is 6.42 Å². The lowest BCUT2D eigenvalue weighted by Gasteiger charge is -2.18. The highest BCUT2D eigenvalue weighted by Crippen LogP contribution is 2.16. The van der Waals surface area contributed by atoms with Gasteiger partial charge in [-0.15, -0.1) is 0 Å². The van der Waals surface area contributed by atoms with Gasteiger partial charge >= 0.3 is 0 Å². The van der Waals surface area contributed by atoms with Gasteiger partial charge in [-0.05, 0) is 22.8 Å². The summed E-state index contributed by atoms with van der Waals surface area (Å²) in [6.07, 6.45) is 0.623. The second-order valence-electron chi connectivity index (χ2n) is 5.16. The molecule has 1 amide bonds. The van der Waals surface area contributed by atoms with Crippen LogP contribution in [-0.4, -0.2) is 18.0 Å². The van der Waals surface area contributed by atoms with Crippen molar-refractivity contribution in [2.24, 2.45) is 5.73 Å². The Morgan fingerprint density at radius 2 is 1.84 bits per heavy atom. The Hall–Kier alpha value is -1.87. The number of fused-ring (bicyclic) bond motifs is 1. The van der Waals surface area contributed by atoms with E-state index in [2.05, 4.69) is 35.6 Å². The van der Waals surface area contributed by atoms with Gasteiger partial charge in [0.25, 0.3) is 0 Å². The van der Waals surface area contributed by atoms with Crippen molar-refractivity contribution in [2.75, 3.05) is 0 Å². The topological polar surface area (TPSA) is 55.1 Å². The molecule has 0 fully saturated rings. The SMILES string of the molecule is CC(C)N[C@@H](Cc1ccc2ccccc2c1)C(N)=O. The first-order valence-corrected chi connectivity index (χ1v) is 6.59. The molecule has 0 spiro atoms. The zero-order valence-electron chi connectivity index (χ0n) is 11.4. The molecule has 0 unspecified atom stereocenters. The monoisotopic (exact) mass is 256 g/mol. The number of hydrogen-bond acceptors (Lipinski definition) is 2. The molecule has 0 heterocycles.